The summed E-state index contributed by atoms with van der Waals surface area (Å²) in [7, 11) is -0.118. The number of anilines is 1. The van der Waals surface area contributed by atoms with E-state index in [2.05, 4.69) is 9.71 Å². The molecule has 0 unspecified atom stereocenters. The largest absolute Gasteiger partial charge is 0.414 e. The van der Waals surface area contributed by atoms with E-state index in [1.54, 1.807) is 67.3 Å². The monoisotopic (exact) mass is 374 g/mol. The van der Waals surface area contributed by atoms with Crippen LogP contribution in [-0.2, 0) is 10.0 Å². The third-order valence-electron chi connectivity index (χ3n) is 3.47. The van der Waals surface area contributed by atoms with Gasteiger partial charge in [0.25, 0.3) is 0 Å². The maximum absolute atomic E-state index is 11.6. The van der Waals surface area contributed by atoms with Gasteiger partial charge < -0.3 is 14.0 Å². The number of nitrogens with one attached hydrogen (secondary N) is 1. The molecule has 0 aliphatic rings. The number of sulfonamides is 1. The van der Waals surface area contributed by atoms with Crippen LogP contribution in [-0.4, -0.2) is 49.1 Å². The fourth-order valence-electron chi connectivity index (χ4n) is 2.29. The molecule has 0 atom stereocenters. The average molecular weight is 374 g/mol. The van der Waals surface area contributed by atoms with Gasteiger partial charge in [-0.1, -0.05) is 0 Å². The van der Waals surface area contributed by atoms with E-state index >= 15 is 0 Å². The lowest BCUT2D eigenvalue weighted by molar-refractivity contribution is 0.172. The van der Waals surface area contributed by atoms with E-state index in [9.17, 15) is 13.2 Å². The van der Waals surface area contributed by atoms with Gasteiger partial charge in [-0.3, -0.25) is 4.72 Å². The minimum absolute atomic E-state index is 0.441. The van der Waals surface area contributed by atoms with Gasteiger partial charge in [-0.05, 0) is 36.4 Å². The summed E-state index contributed by atoms with van der Waals surface area (Å²) in [5.41, 5.74) is 2.69. The first-order valence-electron chi connectivity index (χ1n) is 7.67. The number of hydrogen-bond donors (Lipinski definition) is 1. The number of carbonyl (C=O) groups excluding carboxylic acids is 1. The molecule has 0 saturated heterocycles. The van der Waals surface area contributed by atoms with Crippen molar-refractivity contribution in [3.05, 3.63) is 48.8 Å². The highest BCUT2D eigenvalue weighted by atomic mass is 32.2. The zero-order chi connectivity index (χ0) is 18.9. The first-order chi connectivity index (χ1) is 12.2. The first kappa shape index (κ1) is 17.7. The molecular formula is C17H18N4O4S. The fourth-order valence-corrected chi connectivity index (χ4v) is 2.84. The summed E-state index contributed by atoms with van der Waals surface area (Å²) in [4.78, 5) is 17.4. The summed E-state index contributed by atoms with van der Waals surface area (Å²) in [6.45, 7) is 0. The topological polar surface area (TPSA) is 93.0 Å². The van der Waals surface area contributed by atoms with Crippen molar-refractivity contribution in [3.8, 4) is 17.0 Å². The second-order valence-corrected chi connectivity index (χ2v) is 7.72. The molecule has 0 aliphatic heterocycles. The van der Waals surface area contributed by atoms with Gasteiger partial charge in [-0.2, -0.15) is 0 Å². The second-order valence-electron chi connectivity index (χ2n) is 5.97. The van der Waals surface area contributed by atoms with Crippen LogP contribution in [0.5, 0.6) is 5.75 Å². The van der Waals surface area contributed by atoms with E-state index in [4.69, 9.17) is 4.74 Å². The van der Waals surface area contributed by atoms with E-state index in [1.807, 2.05) is 0 Å². The predicted octanol–water partition coefficient (Wildman–Crippen LogP) is 2.43. The number of nitrogens with zero attached hydrogens (tertiary/aromatic N) is 3. The summed E-state index contributed by atoms with van der Waals surface area (Å²) in [6, 6.07) is 10.4. The molecule has 2 aromatic heterocycles. The molecule has 0 saturated carbocycles. The molecule has 1 amide bonds. The van der Waals surface area contributed by atoms with Gasteiger partial charge in [0.2, 0.25) is 10.0 Å². The van der Waals surface area contributed by atoms with Gasteiger partial charge in [-0.25, -0.2) is 18.2 Å². The van der Waals surface area contributed by atoms with Crippen LogP contribution in [0, 0.1) is 0 Å². The lowest BCUT2D eigenvalue weighted by Gasteiger charge is -2.10. The number of carbonyl (C=O) groups is 1. The highest BCUT2D eigenvalue weighted by Crippen LogP contribution is 2.23. The summed E-state index contributed by atoms with van der Waals surface area (Å²) < 4.78 is 32.0. The Bertz CT molecular complexity index is 1060. The Kier molecular flexibility index (Phi) is 4.56. The normalized spacial score (nSPS) is 11.3. The maximum Gasteiger partial charge on any atom is 0.414 e. The van der Waals surface area contributed by atoms with Gasteiger partial charge in [0, 0.05) is 32.1 Å². The van der Waals surface area contributed by atoms with Crippen LogP contribution < -0.4 is 9.46 Å². The van der Waals surface area contributed by atoms with E-state index in [1.165, 1.54) is 4.90 Å². The third-order valence-corrected chi connectivity index (χ3v) is 4.08. The first-order valence-corrected chi connectivity index (χ1v) is 9.56. The van der Waals surface area contributed by atoms with Crippen molar-refractivity contribution in [1.82, 2.24) is 14.3 Å². The summed E-state index contributed by atoms with van der Waals surface area (Å²) >= 11 is 0. The van der Waals surface area contributed by atoms with Crippen molar-refractivity contribution in [1.29, 1.82) is 0 Å². The summed E-state index contributed by atoms with van der Waals surface area (Å²) in [5.74, 6) is 0.441. The quantitative estimate of drug-likeness (QED) is 0.757. The number of benzene rings is 1. The Morgan fingerprint density at radius 1 is 1.12 bits per heavy atom. The van der Waals surface area contributed by atoms with Gasteiger partial charge in [-0.15, -0.1) is 0 Å². The van der Waals surface area contributed by atoms with Crippen molar-refractivity contribution < 1.29 is 17.9 Å². The van der Waals surface area contributed by atoms with Gasteiger partial charge >= 0.3 is 6.09 Å². The molecular weight excluding hydrogens is 356 g/mol. The number of hydrogen-bond acceptors (Lipinski definition) is 5. The van der Waals surface area contributed by atoms with Crippen LogP contribution in [0.15, 0.2) is 48.8 Å². The van der Waals surface area contributed by atoms with Crippen molar-refractivity contribution in [2.45, 2.75) is 0 Å². The van der Waals surface area contributed by atoms with Gasteiger partial charge in [0.1, 0.15) is 11.4 Å². The summed E-state index contributed by atoms with van der Waals surface area (Å²) in [5, 5.41) is 0. The minimum atomic E-state index is -3.34. The molecule has 9 heteroatoms. The molecule has 0 spiro atoms. The molecule has 3 aromatic rings. The minimum Gasteiger partial charge on any atom is -0.410 e. The highest BCUT2D eigenvalue weighted by Gasteiger charge is 2.09. The van der Waals surface area contributed by atoms with Crippen LogP contribution in [0.1, 0.15) is 0 Å². The highest BCUT2D eigenvalue weighted by molar-refractivity contribution is 7.92. The lowest BCUT2D eigenvalue weighted by atomic mass is 10.2. The molecule has 2 heterocycles. The molecule has 26 heavy (non-hydrogen) atoms. The van der Waals surface area contributed by atoms with Crippen molar-refractivity contribution in [2.24, 2.45) is 0 Å². The Morgan fingerprint density at radius 3 is 2.42 bits per heavy atom. The number of imidazole rings is 1. The van der Waals surface area contributed by atoms with E-state index in [0.717, 1.165) is 11.8 Å². The molecule has 8 nitrogen and oxygen atoms in total. The molecule has 3 rings (SSSR count). The molecule has 1 N–H and O–H groups in total. The maximum atomic E-state index is 11.6. The number of pyridine rings is 1. The van der Waals surface area contributed by atoms with Crippen LogP contribution in [0.3, 0.4) is 0 Å². The number of ether oxygens (including phenoxy) is 1. The second kappa shape index (κ2) is 6.68. The van der Waals surface area contributed by atoms with Crippen LogP contribution in [0.2, 0.25) is 0 Å². The molecule has 0 fully saturated rings. The van der Waals surface area contributed by atoms with E-state index in [-0.39, 0.29) is 0 Å². The predicted molar refractivity (Wildman–Crippen MR) is 98.8 cm³/mol. The number of rotatable bonds is 4. The molecule has 136 valence electrons. The number of amides is 1. The molecule has 0 bridgehead atoms. The molecule has 0 radical (unpaired) electrons. The smallest absolute Gasteiger partial charge is 0.410 e. The molecule has 0 aliphatic carbocycles. The molecule has 1 aromatic carbocycles. The Hall–Kier alpha value is -3.07. The Morgan fingerprint density at radius 2 is 1.81 bits per heavy atom. The Balaban J connectivity index is 1.85. The zero-order valence-electron chi connectivity index (χ0n) is 14.5. The summed E-state index contributed by atoms with van der Waals surface area (Å²) in [6.07, 6.45) is 4.10. The van der Waals surface area contributed by atoms with E-state index in [0.29, 0.717) is 22.8 Å². The van der Waals surface area contributed by atoms with Gasteiger partial charge in [0.05, 0.1) is 17.6 Å². The fraction of sp³-hybridized carbons (Fsp3) is 0.176. The van der Waals surface area contributed by atoms with Gasteiger partial charge in [0.15, 0.2) is 0 Å². The van der Waals surface area contributed by atoms with E-state index < -0.39 is 16.1 Å². The van der Waals surface area contributed by atoms with Crippen molar-refractivity contribution in [2.75, 3.05) is 25.1 Å². The van der Waals surface area contributed by atoms with Crippen molar-refractivity contribution in [3.63, 3.8) is 0 Å². The van der Waals surface area contributed by atoms with Crippen LogP contribution in [0.25, 0.3) is 16.9 Å². The standard InChI is InChI=1S/C17H18N4O4S/c1-20(2)17(22)25-14-7-4-12(5-8-14)15-11-21-10-13(19-26(3,23)24)6-9-16(21)18-15/h4-11,19H,1-3H3. The van der Waals surface area contributed by atoms with Crippen LogP contribution in [0.4, 0.5) is 10.5 Å². The lowest BCUT2D eigenvalue weighted by Crippen LogP contribution is -2.25. The zero-order valence-corrected chi connectivity index (χ0v) is 15.3. The van der Waals surface area contributed by atoms with Crippen LogP contribution >= 0.6 is 0 Å². The average Bonchev–Trinajstić information content (AvgIpc) is 2.97. The van der Waals surface area contributed by atoms with Crippen molar-refractivity contribution >= 4 is 27.5 Å². The Labute approximate surface area is 151 Å². The number of fused-ring (bicyclic) bond motifs is 1. The third kappa shape index (κ3) is 4.12. The number of aromatic nitrogens is 2. The SMILES string of the molecule is CN(C)C(=O)Oc1ccc(-c2cn3cc(NS(C)(=O)=O)ccc3n2)cc1.